The average Bonchev–Trinajstić information content (AvgIpc) is 2.68. The lowest BCUT2D eigenvalue weighted by Crippen LogP contribution is -2.35. The number of aliphatic hydroxyl groups is 1. The van der Waals surface area contributed by atoms with E-state index in [1.54, 1.807) is 0 Å². The fourth-order valence-electron chi connectivity index (χ4n) is 1.77. The van der Waals surface area contributed by atoms with Crippen molar-refractivity contribution >= 4 is 17.6 Å². The van der Waals surface area contributed by atoms with Gasteiger partial charge in [0.2, 0.25) is 11.8 Å². The Balaban J connectivity index is 2.14. The van der Waals surface area contributed by atoms with Gasteiger partial charge in [0.15, 0.2) is 0 Å². The number of aliphatic hydroxyl groups excluding tert-OH is 1. The molecule has 1 fully saturated rings. The van der Waals surface area contributed by atoms with E-state index in [0.29, 0.717) is 0 Å². The summed E-state index contributed by atoms with van der Waals surface area (Å²) < 4.78 is 37.4. The molecule has 0 saturated carbocycles. The van der Waals surface area contributed by atoms with Gasteiger partial charge in [0, 0.05) is 6.54 Å². The van der Waals surface area contributed by atoms with E-state index in [2.05, 4.69) is 15.6 Å². The zero-order valence-corrected chi connectivity index (χ0v) is 9.94. The van der Waals surface area contributed by atoms with Crippen LogP contribution in [0.4, 0.5) is 19.0 Å². The second-order valence-corrected chi connectivity index (χ2v) is 4.19. The summed E-state index contributed by atoms with van der Waals surface area (Å²) in [5.74, 6) is -3.27. The molecule has 2 atom stereocenters. The van der Waals surface area contributed by atoms with Gasteiger partial charge in [0.05, 0.1) is 6.10 Å². The number of nitrogens with one attached hydrogen (secondary N) is 2. The minimum atomic E-state index is -4.63. The molecule has 108 valence electrons. The first-order valence-electron chi connectivity index (χ1n) is 5.60. The van der Waals surface area contributed by atoms with Crippen molar-refractivity contribution in [2.45, 2.75) is 12.3 Å². The smallest absolute Gasteiger partial charge is 0.390 e. The van der Waals surface area contributed by atoms with Crippen LogP contribution in [-0.2, 0) is 15.8 Å². The Morgan fingerprint density at radius 3 is 2.70 bits per heavy atom. The molecule has 1 saturated heterocycles. The van der Waals surface area contributed by atoms with E-state index in [1.807, 2.05) is 0 Å². The second-order valence-electron chi connectivity index (χ2n) is 4.19. The molecule has 0 bridgehead atoms. The number of nitrogens with zero attached hydrogens (tertiary/aromatic N) is 1. The molecule has 0 radical (unpaired) electrons. The molecular weight excluding hydrogens is 279 g/mol. The van der Waals surface area contributed by atoms with Crippen molar-refractivity contribution in [1.29, 1.82) is 0 Å². The van der Waals surface area contributed by atoms with Crippen molar-refractivity contribution in [2.75, 3.05) is 11.9 Å². The third-order valence-corrected chi connectivity index (χ3v) is 2.73. The van der Waals surface area contributed by atoms with E-state index in [-0.39, 0.29) is 12.4 Å². The van der Waals surface area contributed by atoms with E-state index in [9.17, 15) is 27.9 Å². The van der Waals surface area contributed by atoms with Crippen LogP contribution >= 0.6 is 0 Å². The fourth-order valence-corrected chi connectivity index (χ4v) is 1.77. The van der Waals surface area contributed by atoms with Crippen LogP contribution in [0.1, 0.15) is 5.69 Å². The molecule has 20 heavy (non-hydrogen) atoms. The number of amides is 2. The quantitative estimate of drug-likeness (QED) is 0.676. The van der Waals surface area contributed by atoms with Gasteiger partial charge in [0.1, 0.15) is 17.4 Å². The van der Waals surface area contributed by atoms with Gasteiger partial charge in [-0.15, -0.1) is 0 Å². The molecule has 3 N–H and O–H groups in total. The summed E-state index contributed by atoms with van der Waals surface area (Å²) in [5.41, 5.74) is -1.16. The number of β-amino-alcohol motifs (C(OH)–C–C–N with tert-alkyl or cyclic N) is 1. The van der Waals surface area contributed by atoms with Crippen LogP contribution in [0.2, 0.25) is 0 Å². The number of anilines is 1. The van der Waals surface area contributed by atoms with Gasteiger partial charge in [-0.05, 0) is 12.1 Å². The molecule has 2 heterocycles. The number of rotatable bonds is 2. The topological polar surface area (TPSA) is 91.3 Å². The third kappa shape index (κ3) is 2.87. The van der Waals surface area contributed by atoms with Gasteiger partial charge in [-0.2, -0.15) is 13.2 Å². The van der Waals surface area contributed by atoms with Crippen LogP contribution < -0.4 is 10.6 Å². The number of carbonyl (C=O) groups is 2. The lowest BCUT2D eigenvalue weighted by atomic mass is 10.1. The molecule has 2 amide bonds. The monoisotopic (exact) mass is 289 g/mol. The molecule has 2 rings (SSSR count). The minimum Gasteiger partial charge on any atom is -0.390 e. The van der Waals surface area contributed by atoms with Crippen LogP contribution in [0, 0.1) is 5.92 Å². The predicted octanol–water partition coefficient (Wildman–Crippen LogP) is 0.146. The number of alkyl halides is 3. The Hall–Kier alpha value is -2.16. The summed E-state index contributed by atoms with van der Waals surface area (Å²) in [6.07, 6.45) is -5.85. The van der Waals surface area contributed by atoms with Crippen LogP contribution in [0.25, 0.3) is 0 Å². The molecule has 1 aliphatic heterocycles. The second kappa shape index (κ2) is 5.08. The number of aromatic nitrogens is 1. The highest BCUT2D eigenvalue weighted by atomic mass is 19.4. The molecule has 1 aromatic rings. The van der Waals surface area contributed by atoms with Crippen molar-refractivity contribution < 1.29 is 27.9 Å². The Labute approximate surface area is 111 Å². The molecule has 0 aromatic carbocycles. The summed E-state index contributed by atoms with van der Waals surface area (Å²) in [4.78, 5) is 26.3. The Kier molecular flexibility index (Phi) is 3.62. The maximum absolute atomic E-state index is 12.5. The maximum atomic E-state index is 12.5. The zero-order chi connectivity index (χ0) is 14.9. The van der Waals surface area contributed by atoms with E-state index < -0.39 is 35.7 Å². The summed E-state index contributed by atoms with van der Waals surface area (Å²) >= 11 is 0. The lowest BCUT2D eigenvalue weighted by Gasteiger charge is -2.12. The van der Waals surface area contributed by atoms with Gasteiger partial charge < -0.3 is 15.7 Å². The van der Waals surface area contributed by atoms with Crippen LogP contribution in [0.5, 0.6) is 0 Å². The normalized spacial score (nSPS) is 22.5. The van der Waals surface area contributed by atoms with E-state index in [0.717, 1.165) is 18.2 Å². The fraction of sp³-hybridized carbons (Fsp3) is 0.364. The highest BCUT2D eigenvalue weighted by molar-refractivity contribution is 6.07. The van der Waals surface area contributed by atoms with Crippen molar-refractivity contribution in [1.82, 2.24) is 10.3 Å². The molecule has 6 nitrogen and oxygen atoms in total. The molecule has 1 aliphatic rings. The van der Waals surface area contributed by atoms with Crippen LogP contribution in [-0.4, -0.2) is 34.6 Å². The highest BCUT2D eigenvalue weighted by Gasteiger charge is 2.39. The van der Waals surface area contributed by atoms with Gasteiger partial charge in [-0.1, -0.05) is 6.07 Å². The summed E-state index contributed by atoms with van der Waals surface area (Å²) in [5, 5.41) is 13.8. The van der Waals surface area contributed by atoms with Crippen molar-refractivity contribution in [3.8, 4) is 0 Å². The molecular formula is C11H10F3N3O3. The molecule has 0 spiro atoms. The number of pyridine rings is 1. The van der Waals surface area contributed by atoms with Gasteiger partial charge in [-0.25, -0.2) is 4.98 Å². The van der Waals surface area contributed by atoms with Gasteiger partial charge in [0.25, 0.3) is 0 Å². The lowest BCUT2D eigenvalue weighted by molar-refractivity contribution is -0.141. The largest absolute Gasteiger partial charge is 0.433 e. The van der Waals surface area contributed by atoms with Gasteiger partial charge in [-0.3, -0.25) is 9.59 Å². The highest BCUT2D eigenvalue weighted by Crippen LogP contribution is 2.28. The predicted molar refractivity (Wildman–Crippen MR) is 60.4 cm³/mol. The summed E-state index contributed by atoms with van der Waals surface area (Å²) in [6, 6.07) is 3.00. The van der Waals surface area contributed by atoms with E-state index in [4.69, 9.17) is 0 Å². The minimum absolute atomic E-state index is 0.0764. The van der Waals surface area contributed by atoms with Crippen molar-refractivity contribution in [2.24, 2.45) is 5.92 Å². The number of carbonyl (C=O) groups excluding carboxylic acids is 2. The summed E-state index contributed by atoms with van der Waals surface area (Å²) in [6.45, 7) is -0.0764. The molecule has 1 aromatic heterocycles. The van der Waals surface area contributed by atoms with Crippen molar-refractivity contribution in [3.05, 3.63) is 23.9 Å². The average molecular weight is 289 g/mol. The first-order valence-corrected chi connectivity index (χ1v) is 5.60. The zero-order valence-electron chi connectivity index (χ0n) is 9.94. The standard InChI is InChI=1S/C11H10F3N3O3/c12-11(13,14)6-2-1-3-7(16-6)17-10(20)8-5(18)4-15-9(8)19/h1-3,5,8,18H,4H2,(H,15,19)(H,16,17,20). The number of hydrogen-bond acceptors (Lipinski definition) is 4. The third-order valence-electron chi connectivity index (χ3n) is 2.73. The summed E-state index contributed by atoms with van der Waals surface area (Å²) in [7, 11) is 0. The first kappa shape index (κ1) is 14.3. The first-order chi connectivity index (χ1) is 9.29. The number of halogens is 3. The van der Waals surface area contributed by atoms with Crippen LogP contribution in [0.15, 0.2) is 18.2 Å². The Bertz CT molecular complexity index is 547. The molecule has 9 heteroatoms. The van der Waals surface area contributed by atoms with Gasteiger partial charge >= 0.3 is 6.18 Å². The Morgan fingerprint density at radius 1 is 1.45 bits per heavy atom. The Morgan fingerprint density at radius 2 is 2.15 bits per heavy atom. The van der Waals surface area contributed by atoms with E-state index >= 15 is 0 Å². The maximum Gasteiger partial charge on any atom is 0.433 e. The molecule has 2 unspecified atom stereocenters. The number of hydrogen-bond donors (Lipinski definition) is 3. The van der Waals surface area contributed by atoms with Crippen molar-refractivity contribution in [3.63, 3.8) is 0 Å². The van der Waals surface area contributed by atoms with E-state index in [1.165, 1.54) is 0 Å². The SMILES string of the molecule is O=C1NCC(O)C1C(=O)Nc1cccc(C(F)(F)F)n1. The van der Waals surface area contributed by atoms with Crippen LogP contribution in [0.3, 0.4) is 0 Å². The molecule has 0 aliphatic carbocycles.